The van der Waals surface area contributed by atoms with Crippen LogP contribution in [0.3, 0.4) is 0 Å². The van der Waals surface area contributed by atoms with Crippen molar-refractivity contribution in [2.45, 2.75) is 6.04 Å². The molecule has 2 aliphatic heterocycles. The molecule has 8 nitrogen and oxygen atoms in total. The van der Waals surface area contributed by atoms with E-state index in [2.05, 4.69) is 25.9 Å². The van der Waals surface area contributed by atoms with Crippen LogP contribution in [-0.4, -0.2) is 82.9 Å². The van der Waals surface area contributed by atoms with Gasteiger partial charge in [0.2, 0.25) is 5.88 Å². The molecule has 2 saturated heterocycles. The Morgan fingerprint density at radius 3 is 2.62 bits per heavy atom. The summed E-state index contributed by atoms with van der Waals surface area (Å²) in [5.74, 6) is 1.43. The number of carbonyl (C=O) groups excluding carboxylic acids is 1. The van der Waals surface area contributed by atoms with Crippen molar-refractivity contribution in [3.8, 4) is 5.88 Å². The summed E-state index contributed by atoms with van der Waals surface area (Å²) < 4.78 is 6.81. The maximum atomic E-state index is 12.6. The Morgan fingerprint density at radius 1 is 1.19 bits per heavy atom. The Morgan fingerprint density at radius 2 is 1.96 bits per heavy atom. The zero-order valence-electron chi connectivity index (χ0n) is 15.2. The number of ether oxygens (including phenoxy) is 1. The monoisotopic (exact) mass is 356 g/mol. The Bertz CT molecular complexity index is 763. The molecule has 2 aromatic heterocycles. The third-order valence-corrected chi connectivity index (χ3v) is 5.17. The van der Waals surface area contributed by atoms with Gasteiger partial charge in [-0.1, -0.05) is 6.07 Å². The van der Waals surface area contributed by atoms with Crippen LogP contribution in [0.15, 0.2) is 30.6 Å². The van der Waals surface area contributed by atoms with E-state index in [4.69, 9.17) is 4.74 Å². The van der Waals surface area contributed by atoms with Crippen LogP contribution in [0.25, 0.3) is 0 Å². The molecule has 0 radical (unpaired) electrons. The molecule has 0 N–H and O–H groups in total. The smallest absolute Gasteiger partial charge is 0.261 e. The van der Waals surface area contributed by atoms with Gasteiger partial charge in [-0.05, 0) is 12.1 Å². The van der Waals surface area contributed by atoms with E-state index in [1.165, 1.54) is 0 Å². The van der Waals surface area contributed by atoms with Crippen molar-refractivity contribution in [2.24, 2.45) is 7.05 Å². The Hall–Kier alpha value is -2.61. The fourth-order valence-corrected chi connectivity index (χ4v) is 3.64. The number of hydrogen-bond acceptors (Lipinski definition) is 6. The highest BCUT2D eigenvalue weighted by atomic mass is 16.5. The number of hydrogen-bond donors (Lipinski definition) is 0. The molecule has 2 aliphatic rings. The molecular weight excluding hydrogens is 332 g/mol. The van der Waals surface area contributed by atoms with Gasteiger partial charge < -0.3 is 14.5 Å². The summed E-state index contributed by atoms with van der Waals surface area (Å²) in [7, 11) is 3.33. The summed E-state index contributed by atoms with van der Waals surface area (Å²) in [6.45, 7) is 5.47. The molecule has 4 heterocycles. The van der Waals surface area contributed by atoms with E-state index in [1.807, 2.05) is 23.2 Å². The highest BCUT2D eigenvalue weighted by Crippen LogP contribution is 2.24. The molecule has 8 heteroatoms. The number of rotatable bonds is 4. The van der Waals surface area contributed by atoms with Gasteiger partial charge in [0, 0.05) is 64.8 Å². The fourth-order valence-electron chi connectivity index (χ4n) is 3.64. The van der Waals surface area contributed by atoms with Gasteiger partial charge in [0.05, 0.1) is 7.11 Å². The number of aromatic nitrogens is 3. The lowest BCUT2D eigenvalue weighted by Gasteiger charge is -2.48. The zero-order valence-corrected chi connectivity index (χ0v) is 15.2. The van der Waals surface area contributed by atoms with Crippen LogP contribution in [0.2, 0.25) is 0 Å². The van der Waals surface area contributed by atoms with Crippen molar-refractivity contribution < 1.29 is 9.53 Å². The van der Waals surface area contributed by atoms with Crippen LogP contribution in [0.5, 0.6) is 5.88 Å². The molecule has 2 fully saturated rings. The third kappa shape index (κ3) is 3.12. The number of piperazine rings is 1. The van der Waals surface area contributed by atoms with Gasteiger partial charge in [0.15, 0.2) is 0 Å². The van der Waals surface area contributed by atoms with Gasteiger partial charge >= 0.3 is 0 Å². The van der Waals surface area contributed by atoms with Crippen LogP contribution < -0.4 is 9.64 Å². The SMILES string of the molecule is COc1nn(C)cc1C(=O)N1CC(N2CCN(c3ccccn3)CC2)C1. The lowest BCUT2D eigenvalue weighted by molar-refractivity contribution is 0.0244. The number of pyridine rings is 1. The van der Waals surface area contributed by atoms with Gasteiger partial charge in [0.1, 0.15) is 11.4 Å². The second-order valence-electron chi connectivity index (χ2n) is 6.80. The number of nitrogens with zero attached hydrogens (tertiary/aromatic N) is 6. The van der Waals surface area contributed by atoms with E-state index in [-0.39, 0.29) is 5.91 Å². The first-order valence-corrected chi connectivity index (χ1v) is 8.92. The molecule has 138 valence electrons. The predicted molar refractivity (Wildman–Crippen MR) is 97.5 cm³/mol. The van der Waals surface area contributed by atoms with Crippen molar-refractivity contribution in [3.05, 3.63) is 36.2 Å². The summed E-state index contributed by atoms with van der Waals surface area (Å²) in [4.78, 5) is 23.7. The molecule has 0 spiro atoms. The van der Waals surface area contributed by atoms with E-state index in [1.54, 1.807) is 25.0 Å². The maximum Gasteiger partial charge on any atom is 0.261 e. The van der Waals surface area contributed by atoms with Crippen molar-refractivity contribution >= 4 is 11.7 Å². The molecule has 0 aliphatic carbocycles. The first-order valence-electron chi connectivity index (χ1n) is 8.92. The first-order chi connectivity index (χ1) is 12.7. The molecule has 2 aromatic rings. The van der Waals surface area contributed by atoms with E-state index in [9.17, 15) is 4.79 Å². The van der Waals surface area contributed by atoms with Crippen LogP contribution in [0, 0.1) is 0 Å². The zero-order chi connectivity index (χ0) is 18.1. The Labute approximate surface area is 153 Å². The molecular formula is C18H24N6O2. The summed E-state index contributed by atoms with van der Waals surface area (Å²) in [5.41, 5.74) is 0.536. The standard InChI is InChI=1S/C18H24N6O2/c1-21-13-15(17(20-21)26-2)18(25)24-11-14(12-24)22-7-9-23(10-8-22)16-5-3-4-6-19-16/h3-6,13-14H,7-12H2,1-2H3. The molecule has 0 atom stereocenters. The van der Waals surface area contributed by atoms with Crippen LogP contribution >= 0.6 is 0 Å². The fraction of sp³-hybridized carbons (Fsp3) is 0.500. The lowest BCUT2D eigenvalue weighted by Crippen LogP contribution is -2.64. The maximum absolute atomic E-state index is 12.6. The summed E-state index contributed by atoms with van der Waals surface area (Å²) in [5, 5.41) is 4.16. The van der Waals surface area contributed by atoms with Crippen molar-refractivity contribution in [2.75, 3.05) is 51.3 Å². The van der Waals surface area contributed by atoms with Crippen LogP contribution in [-0.2, 0) is 7.05 Å². The Kier molecular flexibility index (Phi) is 4.50. The molecule has 4 rings (SSSR count). The number of anilines is 1. The second-order valence-corrected chi connectivity index (χ2v) is 6.80. The van der Waals surface area contributed by atoms with E-state index < -0.39 is 0 Å². The van der Waals surface area contributed by atoms with Gasteiger partial charge in [-0.3, -0.25) is 14.4 Å². The van der Waals surface area contributed by atoms with E-state index in [0.29, 0.717) is 17.5 Å². The molecule has 26 heavy (non-hydrogen) atoms. The molecule has 0 saturated carbocycles. The summed E-state index contributed by atoms with van der Waals surface area (Å²) >= 11 is 0. The average molecular weight is 356 g/mol. The topological polar surface area (TPSA) is 66.7 Å². The normalized spacial score (nSPS) is 18.7. The highest BCUT2D eigenvalue weighted by Gasteiger charge is 2.37. The lowest BCUT2D eigenvalue weighted by atomic mass is 10.0. The van der Waals surface area contributed by atoms with Crippen molar-refractivity contribution in [1.82, 2.24) is 24.6 Å². The van der Waals surface area contributed by atoms with E-state index >= 15 is 0 Å². The third-order valence-electron chi connectivity index (χ3n) is 5.17. The highest BCUT2D eigenvalue weighted by molar-refractivity contribution is 5.96. The van der Waals surface area contributed by atoms with Gasteiger partial charge in [-0.25, -0.2) is 4.98 Å². The molecule has 1 amide bonds. The minimum atomic E-state index is -0.00155. The second kappa shape index (κ2) is 6.95. The number of amides is 1. The van der Waals surface area contributed by atoms with Crippen LogP contribution in [0.4, 0.5) is 5.82 Å². The van der Waals surface area contributed by atoms with E-state index in [0.717, 1.165) is 45.1 Å². The summed E-state index contributed by atoms with van der Waals surface area (Å²) in [6.07, 6.45) is 3.56. The largest absolute Gasteiger partial charge is 0.479 e. The van der Waals surface area contributed by atoms with Crippen molar-refractivity contribution in [3.63, 3.8) is 0 Å². The minimum Gasteiger partial charge on any atom is -0.479 e. The van der Waals surface area contributed by atoms with Gasteiger partial charge in [-0.2, -0.15) is 0 Å². The van der Waals surface area contributed by atoms with Crippen LogP contribution in [0.1, 0.15) is 10.4 Å². The number of methoxy groups -OCH3 is 1. The molecule has 0 unspecified atom stereocenters. The summed E-state index contributed by atoms with van der Waals surface area (Å²) in [6, 6.07) is 6.46. The first kappa shape index (κ1) is 16.8. The van der Waals surface area contributed by atoms with Crippen molar-refractivity contribution in [1.29, 1.82) is 0 Å². The molecule has 0 aromatic carbocycles. The minimum absolute atomic E-state index is 0.00155. The Balaban J connectivity index is 1.30. The quantitative estimate of drug-likeness (QED) is 0.793. The predicted octanol–water partition coefficient (Wildman–Crippen LogP) is 0.470. The van der Waals surface area contributed by atoms with Gasteiger partial charge in [0.25, 0.3) is 5.91 Å². The number of carbonyl (C=O) groups is 1. The van der Waals surface area contributed by atoms with Gasteiger partial charge in [-0.15, -0.1) is 5.10 Å². The number of likely N-dealkylation sites (tertiary alicyclic amines) is 1. The number of aryl methyl sites for hydroxylation is 1. The average Bonchev–Trinajstić information content (AvgIpc) is 3.03. The molecule has 0 bridgehead atoms.